The molecule has 0 aliphatic carbocycles. The minimum atomic E-state index is -0.641. The first-order chi connectivity index (χ1) is 6.22. The standard InChI is InChI=1S/C9H19NO3/c1-7-4-8(2-3-13-7)10-5-9(12)6-11/h7-12H,2-6H2,1H3/t7?,8?,9-/m0/s1. The van der Waals surface area contributed by atoms with Crippen LogP contribution in [0.25, 0.3) is 0 Å². The van der Waals surface area contributed by atoms with Crippen molar-refractivity contribution in [3.8, 4) is 0 Å². The Morgan fingerprint density at radius 2 is 2.38 bits per heavy atom. The van der Waals surface area contributed by atoms with Crippen LogP contribution in [-0.2, 0) is 4.74 Å². The van der Waals surface area contributed by atoms with Gasteiger partial charge in [-0.05, 0) is 19.8 Å². The van der Waals surface area contributed by atoms with Crippen molar-refractivity contribution in [2.75, 3.05) is 19.8 Å². The summed E-state index contributed by atoms with van der Waals surface area (Å²) < 4.78 is 5.39. The van der Waals surface area contributed by atoms with Gasteiger partial charge in [-0.2, -0.15) is 0 Å². The van der Waals surface area contributed by atoms with Crippen LogP contribution >= 0.6 is 0 Å². The molecule has 1 aliphatic heterocycles. The smallest absolute Gasteiger partial charge is 0.0895 e. The Hall–Kier alpha value is -0.160. The fraction of sp³-hybridized carbons (Fsp3) is 1.00. The van der Waals surface area contributed by atoms with Gasteiger partial charge in [-0.1, -0.05) is 0 Å². The van der Waals surface area contributed by atoms with Crippen LogP contribution in [0.1, 0.15) is 19.8 Å². The van der Waals surface area contributed by atoms with Crippen molar-refractivity contribution in [3.05, 3.63) is 0 Å². The van der Waals surface area contributed by atoms with Gasteiger partial charge >= 0.3 is 0 Å². The molecular formula is C9H19NO3. The van der Waals surface area contributed by atoms with Crippen LogP contribution in [0.5, 0.6) is 0 Å². The van der Waals surface area contributed by atoms with Crippen LogP contribution in [0.15, 0.2) is 0 Å². The second kappa shape index (κ2) is 5.54. The molecule has 0 aromatic carbocycles. The van der Waals surface area contributed by atoms with E-state index in [1.165, 1.54) is 0 Å². The number of rotatable bonds is 4. The molecule has 1 fully saturated rings. The molecule has 0 radical (unpaired) electrons. The third kappa shape index (κ3) is 4.04. The van der Waals surface area contributed by atoms with Crippen LogP contribution in [0.4, 0.5) is 0 Å². The third-order valence-corrected chi connectivity index (χ3v) is 2.34. The van der Waals surface area contributed by atoms with E-state index >= 15 is 0 Å². The van der Waals surface area contributed by atoms with E-state index in [4.69, 9.17) is 14.9 Å². The maximum atomic E-state index is 9.11. The summed E-state index contributed by atoms with van der Waals surface area (Å²) in [6.45, 7) is 3.13. The van der Waals surface area contributed by atoms with E-state index in [2.05, 4.69) is 12.2 Å². The van der Waals surface area contributed by atoms with Crippen molar-refractivity contribution >= 4 is 0 Å². The highest BCUT2D eigenvalue weighted by atomic mass is 16.5. The first-order valence-electron chi connectivity index (χ1n) is 4.86. The van der Waals surface area contributed by atoms with Crippen LogP contribution in [0, 0.1) is 0 Å². The zero-order chi connectivity index (χ0) is 9.68. The molecule has 1 saturated heterocycles. The van der Waals surface area contributed by atoms with E-state index in [0.717, 1.165) is 19.4 Å². The predicted octanol–water partition coefficient (Wildman–Crippen LogP) is -0.503. The average Bonchev–Trinajstić information content (AvgIpc) is 2.14. The van der Waals surface area contributed by atoms with E-state index in [1.807, 2.05) is 0 Å². The zero-order valence-electron chi connectivity index (χ0n) is 8.07. The maximum Gasteiger partial charge on any atom is 0.0895 e. The van der Waals surface area contributed by atoms with Crippen molar-refractivity contribution in [1.29, 1.82) is 0 Å². The van der Waals surface area contributed by atoms with E-state index in [1.54, 1.807) is 0 Å². The number of aliphatic hydroxyl groups excluding tert-OH is 2. The van der Waals surface area contributed by atoms with Gasteiger partial charge in [-0.25, -0.2) is 0 Å². The van der Waals surface area contributed by atoms with E-state index < -0.39 is 6.10 Å². The summed E-state index contributed by atoms with van der Waals surface area (Å²) in [5.74, 6) is 0. The van der Waals surface area contributed by atoms with Gasteiger partial charge in [0.2, 0.25) is 0 Å². The topological polar surface area (TPSA) is 61.7 Å². The Labute approximate surface area is 78.9 Å². The van der Waals surface area contributed by atoms with Gasteiger partial charge in [-0.3, -0.25) is 0 Å². The summed E-state index contributed by atoms with van der Waals surface area (Å²) >= 11 is 0. The molecule has 0 aromatic heterocycles. The Bertz CT molecular complexity index is 143. The lowest BCUT2D eigenvalue weighted by Gasteiger charge is -2.28. The van der Waals surface area contributed by atoms with Crippen LogP contribution in [0.3, 0.4) is 0 Å². The first-order valence-corrected chi connectivity index (χ1v) is 4.86. The van der Waals surface area contributed by atoms with Gasteiger partial charge in [0.05, 0.1) is 18.8 Å². The summed E-state index contributed by atoms with van der Waals surface area (Å²) in [7, 11) is 0. The summed E-state index contributed by atoms with van der Waals surface area (Å²) in [6, 6.07) is 0.421. The molecule has 4 heteroatoms. The van der Waals surface area contributed by atoms with E-state index in [-0.39, 0.29) is 6.61 Å². The molecule has 1 heterocycles. The number of hydrogen-bond donors (Lipinski definition) is 3. The number of ether oxygens (including phenoxy) is 1. The Morgan fingerprint density at radius 1 is 1.62 bits per heavy atom. The second-order valence-corrected chi connectivity index (χ2v) is 3.65. The van der Waals surface area contributed by atoms with Crippen LogP contribution in [0.2, 0.25) is 0 Å². The van der Waals surface area contributed by atoms with Crippen molar-refractivity contribution in [2.45, 2.75) is 38.0 Å². The third-order valence-electron chi connectivity index (χ3n) is 2.34. The Balaban J connectivity index is 2.13. The highest BCUT2D eigenvalue weighted by Gasteiger charge is 2.19. The maximum absolute atomic E-state index is 9.11. The minimum Gasteiger partial charge on any atom is -0.394 e. The Morgan fingerprint density at radius 3 is 3.00 bits per heavy atom. The molecule has 2 unspecified atom stereocenters. The number of hydrogen-bond acceptors (Lipinski definition) is 4. The predicted molar refractivity (Wildman–Crippen MR) is 49.5 cm³/mol. The SMILES string of the molecule is CC1CC(NC[C@H](O)CO)CCO1. The highest BCUT2D eigenvalue weighted by Crippen LogP contribution is 2.12. The quantitative estimate of drug-likeness (QED) is 0.558. The molecule has 3 N–H and O–H groups in total. The van der Waals surface area contributed by atoms with Gasteiger partial charge in [-0.15, -0.1) is 0 Å². The Kier molecular flexibility index (Phi) is 4.66. The molecule has 1 rings (SSSR count). The molecule has 4 nitrogen and oxygen atoms in total. The molecule has 13 heavy (non-hydrogen) atoms. The molecule has 0 saturated carbocycles. The molecular weight excluding hydrogens is 170 g/mol. The van der Waals surface area contributed by atoms with Crippen molar-refractivity contribution in [3.63, 3.8) is 0 Å². The normalized spacial score (nSPS) is 31.6. The minimum absolute atomic E-state index is 0.175. The van der Waals surface area contributed by atoms with Gasteiger partial charge in [0.15, 0.2) is 0 Å². The molecule has 0 amide bonds. The molecule has 78 valence electrons. The monoisotopic (exact) mass is 189 g/mol. The molecule has 3 atom stereocenters. The number of aliphatic hydroxyl groups is 2. The fourth-order valence-electron chi connectivity index (χ4n) is 1.55. The largest absolute Gasteiger partial charge is 0.394 e. The molecule has 0 aromatic rings. The van der Waals surface area contributed by atoms with Crippen LogP contribution < -0.4 is 5.32 Å². The summed E-state index contributed by atoms with van der Waals surface area (Å²) in [6.07, 6.45) is 1.64. The van der Waals surface area contributed by atoms with Crippen molar-refractivity contribution in [2.24, 2.45) is 0 Å². The zero-order valence-corrected chi connectivity index (χ0v) is 8.07. The molecule has 0 spiro atoms. The second-order valence-electron chi connectivity index (χ2n) is 3.65. The fourth-order valence-corrected chi connectivity index (χ4v) is 1.55. The highest BCUT2D eigenvalue weighted by molar-refractivity contribution is 4.75. The van der Waals surface area contributed by atoms with Gasteiger partial charge in [0, 0.05) is 19.2 Å². The summed E-state index contributed by atoms with van der Waals surface area (Å²) in [5.41, 5.74) is 0. The first kappa shape index (κ1) is 10.9. The van der Waals surface area contributed by atoms with Gasteiger partial charge in [0.1, 0.15) is 0 Å². The number of nitrogens with one attached hydrogen (secondary N) is 1. The summed E-state index contributed by atoms with van der Waals surface area (Å²) in [4.78, 5) is 0. The van der Waals surface area contributed by atoms with Crippen molar-refractivity contribution in [1.82, 2.24) is 5.32 Å². The lowest BCUT2D eigenvalue weighted by Crippen LogP contribution is -2.42. The van der Waals surface area contributed by atoms with Crippen molar-refractivity contribution < 1.29 is 14.9 Å². The average molecular weight is 189 g/mol. The van der Waals surface area contributed by atoms with Gasteiger partial charge < -0.3 is 20.3 Å². The lowest BCUT2D eigenvalue weighted by molar-refractivity contribution is 0.00920. The summed E-state index contributed by atoms with van der Waals surface area (Å²) in [5, 5.41) is 20.9. The lowest BCUT2D eigenvalue weighted by atomic mass is 10.0. The van der Waals surface area contributed by atoms with Crippen LogP contribution in [-0.4, -0.2) is 48.2 Å². The van der Waals surface area contributed by atoms with E-state index in [9.17, 15) is 0 Å². The van der Waals surface area contributed by atoms with Gasteiger partial charge in [0.25, 0.3) is 0 Å². The molecule has 1 aliphatic rings. The molecule has 0 bridgehead atoms. The van der Waals surface area contributed by atoms with E-state index in [0.29, 0.717) is 18.7 Å².